The van der Waals surface area contributed by atoms with E-state index in [-0.39, 0.29) is 0 Å². The van der Waals surface area contributed by atoms with Gasteiger partial charge in [0.1, 0.15) is 6.61 Å². The number of hydrogen-bond acceptors (Lipinski definition) is 4. The Hall–Kier alpha value is -1.29. The topological polar surface area (TPSA) is 34.6 Å². The maximum Gasteiger partial charge on any atom is 0.256 e. The Labute approximate surface area is 96.2 Å². The molecule has 0 amide bonds. The molecule has 0 aromatic carbocycles. The Morgan fingerprint density at radius 2 is 2.44 bits per heavy atom. The third-order valence-corrected chi connectivity index (χ3v) is 3.03. The number of hydrogen-bond donors (Lipinski definition) is 0. The van der Waals surface area contributed by atoms with Crippen molar-refractivity contribution in [2.75, 3.05) is 27.3 Å². The smallest absolute Gasteiger partial charge is 0.256 e. The van der Waals surface area contributed by atoms with E-state index < -0.39 is 0 Å². The maximum atomic E-state index is 5.75. The van der Waals surface area contributed by atoms with Crippen LogP contribution >= 0.6 is 0 Å². The van der Waals surface area contributed by atoms with Crippen LogP contribution in [0.3, 0.4) is 0 Å². The molecule has 88 valence electrons. The lowest BCUT2D eigenvalue weighted by Gasteiger charge is -2.20. The Bertz CT molecular complexity index is 344. The van der Waals surface area contributed by atoms with Crippen LogP contribution in [0.5, 0.6) is 11.6 Å². The molecule has 2 heterocycles. The molecule has 0 N–H and O–H groups in total. The zero-order valence-corrected chi connectivity index (χ0v) is 9.85. The van der Waals surface area contributed by atoms with Crippen LogP contribution in [0.2, 0.25) is 0 Å². The fraction of sp³-hybridized carbons (Fsp3) is 0.583. The first-order valence-corrected chi connectivity index (χ1v) is 5.63. The summed E-state index contributed by atoms with van der Waals surface area (Å²) in [7, 11) is 3.75. The van der Waals surface area contributed by atoms with E-state index in [1.807, 2.05) is 12.1 Å². The van der Waals surface area contributed by atoms with E-state index >= 15 is 0 Å². The first-order chi connectivity index (χ1) is 7.81. The van der Waals surface area contributed by atoms with Crippen LogP contribution in [-0.4, -0.2) is 43.2 Å². The molecule has 4 heteroatoms. The third-order valence-electron chi connectivity index (χ3n) is 3.03. The van der Waals surface area contributed by atoms with Gasteiger partial charge in [0.2, 0.25) is 0 Å². The van der Waals surface area contributed by atoms with Crippen molar-refractivity contribution in [2.45, 2.75) is 18.9 Å². The highest BCUT2D eigenvalue weighted by molar-refractivity contribution is 5.32. The molecule has 1 aromatic rings. The van der Waals surface area contributed by atoms with Crippen LogP contribution in [0.15, 0.2) is 18.3 Å². The molecule has 1 aromatic heterocycles. The normalized spacial score (nSPS) is 21.0. The summed E-state index contributed by atoms with van der Waals surface area (Å²) in [4.78, 5) is 6.44. The molecule has 2 rings (SSSR count). The van der Waals surface area contributed by atoms with Gasteiger partial charge in [-0.1, -0.05) is 0 Å². The van der Waals surface area contributed by atoms with E-state index in [0.29, 0.717) is 18.5 Å². The van der Waals surface area contributed by atoms with Crippen LogP contribution in [0, 0.1) is 0 Å². The number of rotatable bonds is 4. The molecule has 1 aliphatic heterocycles. The van der Waals surface area contributed by atoms with Crippen LogP contribution in [0.4, 0.5) is 0 Å². The van der Waals surface area contributed by atoms with Gasteiger partial charge in [-0.15, -0.1) is 0 Å². The largest absolute Gasteiger partial charge is 0.486 e. The zero-order valence-electron chi connectivity index (χ0n) is 9.85. The number of likely N-dealkylation sites (tertiary alicyclic amines) is 1. The lowest BCUT2D eigenvalue weighted by atomic mass is 10.2. The molecule has 1 saturated heterocycles. The number of nitrogens with zero attached hydrogens (tertiary/aromatic N) is 2. The minimum absolute atomic E-state index is 0.518. The lowest BCUT2D eigenvalue weighted by molar-refractivity contribution is 0.192. The predicted molar refractivity (Wildman–Crippen MR) is 61.9 cm³/mol. The van der Waals surface area contributed by atoms with Gasteiger partial charge in [-0.25, -0.2) is 4.98 Å². The van der Waals surface area contributed by atoms with E-state index in [1.54, 1.807) is 13.3 Å². The van der Waals surface area contributed by atoms with Gasteiger partial charge in [-0.2, -0.15) is 0 Å². The van der Waals surface area contributed by atoms with Crippen molar-refractivity contribution in [1.29, 1.82) is 0 Å². The van der Waals surface area contributed by atoms with E-state index in [0.717, 1.165) is 12.3 Å². The molecule has 0 radical (unpaired) electrons. The fourth-order valence-corrected chi connectivity index (χ4v) is 2.02. The summed E-state index contributed by atoms with van der Waals surface area (Å²) < 4.78 is 10.9. The number of aromatic nitrogens is 1. The third kappa shape index (κ3) is 2.44. The molecular weight excluding hydrogens is 204 g/mol. The minimum Gasteiger partial charge on any atom is -0.486 e. The second-order valence-corrected chi connectivity index (χ2v) is 4.10. The summed E-state index contributed by atoms with van der Waals surface area (Å²) in [5.74, 6) is 1.29. The summed E-state index contributed by atoms with van der Waals surface area (Å²) in [5.41, 5.74) is 0. The Kier molecular flexibility index (Phi) is 3.62. The number of methoxy groups -OCH3 is 1. The molecule has 0 saturated carbocycles. The van der Waals surface area contributed by atoms with Gasteiger partial charge in [0, 0.05) is 12.2 Å². The first-order valence-electron chi connectivity index (χ1n) is 5.63. The van der Waals surface area contributed by atoms with E-state index in [1.165, 1.54) is 12.8 Å². The molecule has 0 bridgehead atoms. The second kappa shape index (κ2) is 5.16. The quantitative estimate of drug-likeness (QED) is 0.774. The maximum absolute atomic E-state index is 5.75. The Morgan fingerprint density at radius 1 is 1.56 bits per heavy atom. The number of ether oxygens (including phenoxy) is 2. The van der Waals surface area contributed by atoms with E-state index in [4.69, 9.17) is 9.47 Å². The molecule has 0 aliphatic carbocycles. The molecule has 1 atom stereocenters. The fourth-order valence-electron chi connectivity index (χ4n) is 2.02. The van der Waals surface area contributed by atoms with Gasteiger partial charge in [-0.05, 0) is 38.6 Å². The van der Waals surface area contributed by atoms with E-state index in [9.17, 15) is 0 Å². The summed E-state index contributed by atoms with van der Waals surface area (Å²) in [6, 6.07) is 4.27. The number of pyridine rings is 1. The van der Waals surface area contributed by atoms with Gasteiger partial charge < -0.3 is 14.4 Å². The van der Waals surface area contributed by atoms with Crippen LogP contribution < -0.4 is 9.47 Å². The molecule has 1 fully saturated rings. The second-order valence-electron chi connectivity index (χ2n) is 4.10. The molecule has 16 heavy (non-hydrogen) atoms. The highest BCUT2D eigenvalue weighted by Crippen LogP contribution is 2.24. The van der Waals surface area contributed by atoms with Crippen molar-refractivity contribution in [2.24, 2.45) is 0 Å². The van der Waals surface area contributed by atoms with E-state index in [2.05, 4.69) is 16.9 Å². The van der Waals surface area contributed by atoms with Crippen LogP contribution in [0.1, 0.15) is 12.8 Å². The highest BCUT2D eigenvalue weighted by Gasteiger charge is 2.21. The number of likely N-dealkylation sites (N-methyl/N-ethyl adjacent to an activating group) is 1. The molecule has 1 unspecified atom stereocenters. The van der Waals surface area contributed by atoms with Crippen molar-refractivity contribution in [3.63, 3.8) is 0 Å². The summed E-state index contributed by atoms with van der Waals surface area (Å²) in [5, 5.41) is 0. The van der Waals surface area contributed by atoms with Gasteiger partial charge in [0.05, 0.1) is 7.11 Å². The first kappa shape index (κ1) is 11.2. The van der Waals surface area contributed by atoms with Gasteiger partial charge in [-0.3, -0.25) is 0 Å². The average molecular weight is 222 g/mol. The van der Waals surface area contributed by atoms with Crippen LogP contribution in [-0.2, 0) is 0 Å². The van der Waals surface area contributed by atoms with Gasteiger partial charge in [0.15, 0.2) is 5.75 Å². The highest BCUT2D eigenvalue weighted by atomic mass is 16.5. The molecular formula is C12H18N2O2. The standard InChI is InChI=1S/C12H18N2O2/c1-14-8-4-5-10(14)9-16-11-6-3-7-13-12(11)15-2/h3,6-7,10H,4-5,8-9H2,1-2H3. The van der Waals surface area contributed by atoms with Gasteiger partial charge in [0.25, 0.3) is 5.88 Å². The lowest BCUT2D eigenvalue weighted by Crippen LogP contribution is -2.30. The average Bonchev–Trinajstić information content (AvgIpc) is 2.72. The van der Waals surface area contributed by atoms with Crippen molar-refractivity contribution in [1.82, 2.24) is 9.88 Å². The molecule has 1 aliphatic rings. The van der Waals surface area contributed by atoms with Crippen molar-refractivity contribution >= 4 is 0 Å². The summed E-state index contributed by atoms with van der Waals surface area (Å²) >= 11 is 0. The predicted octanol–water partition coefficient (Wildman–Crippen LogP) is 1.56. The van der Waals surface area contributed by atoms with Gasteiger partial charge >= 0.3 is 0 Å². The Morgan fingerprint density at radius 3 is 3.12 bits per heavy atom. The van der Waals surface area contributed by atoms with Crippen molar-refractivity contribution in [3.8, 4) is 11.6 Å². The summed E-state index contributed by atoms with van der Waals surface area (Å²) in [6.45, 7) is 1.87. The SMILES string of the molecule is COc1ncccc1OCC1CCCN1C. The minimum atomic E-state index is 0.518. The van der Waals surface area contributed by atoms with Crippen LogP contribution in [0.25, 0.3) is 0 Å². The molecule has 4 nitrogen and oxygen atoms in total. The monoisotopic (exact) mass is 222 g/mol. The Balaban J connectivity index is 1.93. The van der Waals surface area contributed by atoms with Crippen molar-refractivity contribution < 1.29 is 9.47 Å². The molecule has 0 spiro atoms. The zero-order chi connectivity index (χ0) is 11.4. The van der Waals surface area contributed by atoms with Crippen molar-refractivity contribution in [3.05, 3.63) is 18.3 Å². The summed E-state index contributed by atoms with van der Waals surface area (Å²) in [6.07, 6.45) is 4.17.